The molecule has 0 bridgehead atoms. The number of benzene rings is 7. The fourth-order valence-electron chi connectivity index (χ4n) is 8.21. The fourth-order valence-corrected chi connectivity index (χ4v) is 10.9. The van der Waals surface area contributed by atoms with Crippen molar-refractivity contribution in [3.8, 4) is 0 Å². The molecule has 1 unspecified atom stereocenters. The van der Waals surface area contributed by atoms with Crippen LogP contribution in [0.25, 0.3) is 51.1 Å². The van der Waals surface area contributed by atoms with E-state index in [9.17, 15) is 0 Å². The van der Waals surface area contributed by atoms with E-state index >= 15 is 0 Å². The number of hydrogen-bond donors (Lipinski definition) is 0. The third-order valence-corrected chi connectivity index (χ3v) is 13.5. The van der Waals surface area contributed by atoms with E-state index in [0.29, 0.717) is 0 Å². The second-order valence-electron chi connectivity index (χ2n) is 14.8. The maximum Gasteiger partial charge on any atom is 0.0560 e. The maximum absolute atomic E-state index is 2.52. The molecular weight excluding hydrogens is 693 g/mol. The van der Waals surface area contributed by atoms with Crippen molar-refractivity contribution >= 4 is 102 Å². The van der Waals surface area contributed by atoms with Gasteiger partial charge in [0.05, 0.1) is 15.4 Å². The highest BCUT2D eigenvalue weighted by Crippen LogP contribution is 2.51. The molecule has 9 aromatic rings. The van der Waals surface area contributed by atoms with Crippen LogP contribution in [0.3, 0.4) is 0 Å². The van der Waals surface area contributed by atoms with Crippen LogP contribution >= 0.6 is 22.7 Å². The molecule has 0 spiro atoms. The Balaban J connectivity index is 1.17. The molecule has 0 saturated carbocycles. The van der Waals surface area contributed by atoms with Gasteiger partial charge in [-0.15, -0.1) is 22.7 Å². The van der Waals surface area contributed by atoms with E-state index in [1.807, 2.05) is 22.7 Å². The van der Waals surface area contributed by atoms with Gasteiger partial charge in [-0.05, 0) is 106 Å². The van der Waals surface area contributed by atoms with Crippen LogP contribution in [-0.4, -0.2) is 6.04 Å². The first-order chi connectivity index (χ1) is 26.4. The first kappa shape index (κ1) is 32.9. The van der Waals surface area contributed by atoms with Gasteiger partial charge in [-0.25, -0.2) is 0 Å². The molecule has 1 aliphatic rings. The topological polar surface area (TPSA) is 6.48 Å². The largest absolute Gasteiger partial charge is 0.334 e. The zero-order valence-electron chi connectivity index (χ0n) is 30.9. The SMILES string of the molecule is CC1=CCC(N(c2ccc(C)cc2)c2ccc3c(c2)sc2c4sc5cc(N(c6ccc(C)cc6)c6ccc(C)cc6)ccc5c4c4ccccc4c32)C=C1. The van der Waals surface area contributed by atoms with Crippen molar-refractivity contribution in [2.45, 2.75) is 40.2 Å². The number of aryl methyl sites for hydroxylation is 3. The average Bonchev–Trinajstić information content (AvgIpc) is 3.77. The van der Waals surface area contributed by atoms with Gasteiger partial charge in [-0.3, -0.25) is 0 Å². The zero-order chi connectivity index (χ0) is 36.5. The van der Waals surface area contributed by atoms with Gasteiger partial charge < -0.3 is 9.80 Å². The fraction of sp³-hybridized carbons (Fsp3) is 0.120. The quantitative estimate of drug-likeness (QED) is 0.168. The Morgan fingerprint density at radius 2 is 0.944 bits per heavy atom. The third-order valence-electron chi connectivity index (χ3n) is 11.0. The van der Waals surface area contributed by atoms with Crippen LogP contribution < -0.4 is 9.80 Å². The summed E-state index contributed by atoms with van der Waals surface area (Å²) < 4.78 is 5.39. The molecule has 0 radical (unpaired) electrons. The van der Waals surface area contributed by atoms with Crippen molar-refractivity contribution in [3.05, 3.63) is 174 Å². The summed E-state index contributed by atoms with van der Waals surface area (Å²) in [6.45, 7) is 8.65. The van der Waals surface area contributed by atoms with Crippen molar-refractivity contribution in [3.63, 3.8) is 0 Å². The summed E-state index contributed by atoms with van der Waals surface area (Å²) >= 11 is 3.89. The highest BCUT2D eigenvalue weighted by molar-refractivity contribution is 7.33. The van der Waals surface area contributed by atoms with E-state index < -0.39 is 0 Å². The van der Waals surface area contributed by atoms with Crippen molar-refractivity contribution in [2.24, 2.45) is 0 Å². The van der Waals surface area contributed by atoms with E-state index in [0.717, 1.165) is 17.8 Å². The molecule has 262 valence electrons. The summed E-state index contributed by atoms with van der Waals surface area (Å²) in [5.74, 6) is 0. The van der Waals surface area contributed by atoms with Crippen LogP contribution in [0.15, 0.2) is 157 Å². The van der Waals surface area contributed by atoms with Gasteiger partial charge in [0, 0.05) is 59.4 Å². The van der Waals surface area contributed by atoms with Crippen LogP contribution in [-0.2, 0) is 0 Å². The second kappa shape index (κ2) is 13.0. The molecule has 54 heavy (non-hydrogen) atoms. The molecule has 2 nitrogen and oxygen atoms in total. The number of nitrogens with zero attached hydrogens (tertiary/aromatic N) is 2. The molecule has 1 aliphatic carbocycles. The molecule has 0 saturated heterocycles. The van der Waals surface area contributed by atoms with Gasteiger partial charge in [0.2, 0.25) is 0 Å². The molecular formula is C50H40N2S2. The van der Waals surface area contributed by atoms with E-state index in [2.05, 4.69) is 189 Å². The molecule has 0 aliphatic heterocycles. The molecule has 4 heteroatoms. The summed E-state index contributed by atoms with van der Waals surface area (Å²) in [6.07, 6.45) is 7.98. The third kappa shape index (κ3) is 5.52. The molecule has 2 heterocycles. The first-order valence-corrected chi connectivity index (χ1v) is 20.4. The lowest BCUT2D eigenvalue weighted by Crippen LogP contribution is -2.30. The molecule has 7 aromatic carbocycles. The Morgan fingerprint density at radius 1 is 0.481 bits per heavy atom. The second-order valence-corrected chi connectivity index (χ2v) is 16.9. The van der Waals surface area contributed by atoms with E-state index in [1.165, 1.54) is 90.4 Å². The smallest absolute Gasteiger partial charge is 0.0560 e. The van der Waals surface area contributed by atoms with Crippen molar-refractivity contribution in [1.29, 1.82) is 0 Å². The Kier molecular flexibility index (Phi) is 7.94. The van der Waals surface area contributed by atoms with Crippen LogP contribution in [0.1, 0.15) is 30.0 Å². The molecule has 0 N–H and O–H groups in total. The first-order valence-electron chi connectivity index (χ1n) is 18.8. The monoisotopic (exact) mass is 732 g/mol. The Bertz CT molecular complexity index is 2900. The van der Waals surface area contributed by atoms with Crippen LogP contribution in [0.4, 0.5) is 28.4 Å². The lowest BCUT2D eigenvalue weighted by Gasteiger charge is -2.33. The molecule has 2 aromatic heterocycles. The van der Waals surface area contributed by atoms with Gasteiger partial charge in [-0.2, -0.15) is 0 Å². The highest BCUT2D eigenvalue weighted by atomic mass is 32.1. The zero-order valence-corrected chi connectivity index (χ0v) is 32.6. The number of anilines is 5. The predicted octanol–water partition coefficient (Wildman–Crippen LogP) is 15.4. The maximum atomic E-state index is 2.52. The van der Waals surface area contributed by atoms with Crippen molar-refractivity contribution in [2.75, 3.05) is 9.80 Å². The van der Waals surface area contributed by atoms with E-state index in [1.54, 1.807) is 0 Å². The van der Waals surface area contributed by atoms with Crippen molar-refractivity contribution in [1.82, 2.24) is 0 Å². The average molecular weight is 733 g/mol. The highest BCUT2D eigenvalue weighted by Gasteiger charge is 2.23. The lowest BCUT2D eigenvalue weighted by atomic mass is 9.98. The summed E-state index contributed by atoms with van der Waals surface area (Å²) in [5.41, 5.74) is 11.1. The van der Waals surface area contributed by atoms with Gasteiger partial charge in [0.25, 0.3) is 0 Å². The molecule has 0 amide bonds. The summed E-state index contributed by atoms with van der Waals surface area (Å²) in [4.78, 5) is 4.90. The lowest BCUT2D eigenvalue weighted by molar-refractivity contribution is 0.780. The Morgan fingerprint density at radius 3 is 1.44 bits per heavy atom. The minimum absolute atomic E-state index is 0.256. The number of thiophene rings is 2. The normalized spacial score (nSPS) is 14.4. The van der Waals surface area contributed by atoms with Crippen LogP contribution in [0.2, 0.25) is 0 Å². The summed E-state index contributed by atoms with van der Waals surface area (Å²) in [6, 6.07) is 50.2. The van der Waals surface area contributed by atoms with Gasteiger partial charge in [0.15, 0.2) is 0 Å². The standard InChI is InChI=1S/C50H40N2S2/c1-31-9-17-35(18-10-31)51(36-19-11-32(2)12-20-36)39-25-27-43-45(29-39)53-49-47(43)41-7-5-6-8-42(41)48-44-28-26-40(30-46(44)54-50(48)49)52(37-21-13-33(3)14-22-37)38-23-15-34(4)16-24-38/h5-23,25-30,38H,24H2,1-4H3. The Hall–Kier alpha value is -5.68. The van der Waals surface area contributed by atoms with E-state index in [4.69, 9.17) is 0 Å². The minimum Gasteiger partial charge on any atom is -0.334 e. The Labute approximate surface area is 324 Å². The number of allylic oxidation sites excluding steroid dienone is 2. The van der Waals surface area contributed by atoms with Crippen LogP contribution in [0.5, 0.6) is 0 Å². The van der Waals surface area contributed by atoms with Crippen molar-refractivity contribution < 1.29 is 0 Å². The number of hydrogen-bond acceptors (Lipinski definition) is 4. The summed E-state index contributed by atoms with van der Waals surface area (Å²) in [5, 5.41) is 8.04. The van der Waals surface area contributed by atoms with Gasteiger partial charge in [-0.1, -0.05) is 113 Å². The van der Waals surface area contributed by atoms with Gasteiger partial charge >= 0.3 is 0 Å². The number of rotatable bonds is 6. The minimum atomic E-state index is 0.256. The number of fused-ring (bicyclic) bond motifs is 10. The van der Waals surface area contributed by atoms with Crippen LogP contribution in [0, 0.1) is 20.8 Å². The van der Waals surface area contributed by atoms with Gasteiger partial charge in [0.1, 0.15) is 0 Å². The molecule has 1 atom stereocenters. The predicted molar refractivity (Wildman–Crippen MR) is 239 cm³/mol. The van der Waals surface area contributed by atoms with E-state index in [-0.39, 0.29) is 6.04 Å². The summed E-state index contributed by atoms with van der Waals surface area (Å²) in [7, 11) is 0. The molecule has 0 fully saturated rings. The molecule has 10 rings (SSSR count).